The molecule has 2 aromatic rings. The molecular weight excluding hydrogens is 258 g/mol. The number of nitrogens with one attached hydrogen (secondary N) is 2. The van der Waals surface area contributed by atoms with Gasteiger partial charge in [-0.1, -0.05) is 0 Å². The third-order valence-electron chi connectivity index (χ3n) is 3.25. The number of esters is 1. The molecule has 1 aromatic carbocycles. The Balaban J connectivity index is 2.24. The van der Waals surface area contributed by atoms with Crippen LogP contribution < -0.4 is 10.6 Å². The molecule has 0 bridgehead atoms. The second-order valence-electron chi connectivity index (χ2n) is 4.45. The number of hydrogen-bond donors (Lipinski definition) is 2. The number of amides is 1. The Labute approximate surface area is 115 Å². The minimum atomic E-state index is -0.414. The number of methoxy groups -OCH3 is 1. The van der Waals surface area contributed by atoms with Crippen LogP contribution in [-0.4, -0.2) is 37.1 Å². The maximum atomic E-state index is 11.9. The van der Waals surface area contributed by atoms with Crippen molar-refractivity contribution in [3.8, 4) is 0 Å². The first kappa shape index (κ1) is 12.4. The van der Waals surface area contributed by atoms with Crippen molar-refractivity contribution in [2.24, 2.45) is 0 Å². The number of benzene rings is 1. The predicted octanol–water partition coefficient (Wildman–Crippen LogP) is 1.18. The lowest BCUT2D eigenvalue weighted by Crippen LogP contribution is -2.24. The highest BCUT2D eigenvalue weighted by Gasteiger charge is 2.18. The van der Waals surface area contributed by atoms with E-state index >= 15 is 0 Å². The van der Waals surface area contributed by atoms with E-state index in [1.54, 1.807) is 24.4 Å². The van der Waals surface area contributed by atoms with Crippen LogP contribution in [0, 0.1) is 0 Å². The van der Waals surface area contributed by atoms with Gasteiger partial charge in [0.05, 0.1) is 29.4 Å². The van der Waals surface area contributed by atoms with E-state index < -0.39 is 5.97 Å². The fourth-order valence-electron chi connectivity index (χ4n) is 2.26. The first-order chi connectivity index (χ1) is 9.70. The second-order valence-corrected chi connectivity index (χ2v) is 4.45. The van der Waals surface area contributed by atoms with Gasteiger partial charge in [0.15, 0.2) is 0 Å². The lowest BCUT2D eigenvalue weighted by Gasteiger charge is -2.10. The van der Waals surface area contributed by atoms with Gasteiger partial charge < -0.3 is 15.4 Å². The molecule has 0 fully saturated rings. The number of pyridine rings is 1. The summed E-state index contributed by atoms with van der Waals surface area (Å²) in [7, 11) is 1.34. The summed E-state index contributed by atoms with van der Waals surface area (Å²) >= 11 is 0. The van der Waals surface area contributed by atoms with Crippen molar-refractivity contribution in [2.45, 2.75) is 0 Å². The number of ether oxygens (including phenoxy) is 1. The van der Waals surface area contributed by atoms with Crippen LogP contribution in [0.5, 0.6) is 0 Å². The Morgan fingerprint density at radius 1 is 1.30 bits per heavy atom. The number of aromatic nitrogens is 1. The van der Waals surface area contributed by atoms with E-state index in [4.69, 9.17) is 4.74 Å². The Hall–Kier alpha value is -2.63. The molecule has 0 spiro atoms. The lowest BCUT2D eigenvalue weighted by atomic mass is 10.1. The molecule has 1 aromatic heterocycles. The van der Waals surface area contributed by atoms with Gasteiger partial charge in [-0.05, 0) is 18.2 Å². The minimum Gasteiger partial charge on any atom is -0.465 e. The predicted molar refractivity (Wildman–Crippen MR) is 73.9 cm³/mol. The summed E-state index contributed by atoms with van der Waals surface area (Å²) in [5.41, 5.74) is 2.34. The van der Waals surface area contributed by atoms with Crippen LogP contribution >= 0.6 is 0 Å². The highest BCUT2D eigenvalue weighted by Crippen LogP contribution is 2.28. The Bertz CT molecular complexity index is 712. The van der Waals surface area contributed by atoms with E-state index in [1.807, 2.05) is 0 Å². The highest BCUT2D eigenvalue weighted by molar-refractivity contribution is 6.08. The number of carbonyl (C=O) groups is 2. The van der Waals surface area contributed by atoms with Gasteiger partial charge in [0.2, 0.25) is 0 Å². The van der Waals surface area contributed by atoms with Gasteiger partial charge in [-0.3, -0.25) is 9.78 Å². The van der Waals surface area contributed by atoms with Crippen LogP contribution in [0.25, 0.3) is 10.9 Å². The van der Waals surface area contributed by atoms with Crippen molar-refractivity contribution < 1.29 is 14.3 Å². The monoisotopic (exact) mass is 271 g/mol. The molecule has 2 N–H and O–H groups in total. The van der Waals surface area contributed by atoms with Gasteiger partial charge >= 0.3 is 5.97 Å². The van der Waals surface area contributed by atoms with Crippen LogP contribution in [0.4, 0.5) is 5.69 Å². The molecule has 1 aliphatic rings. The quantitative estimate of drug-likeness (QED) is 0.761. The summed E-state index contributed by atoms with van der Waals surface area (Å²) in [4.78, 5) is 27.8. The standard InChI is InChI=1S/C14H13N3O3/c1-20-14(19)8-2-3-11-9(6-8)12-10(7-17-11)13(18)16-5-4-15-12/h2-3,6-7,15H,4-5H2,1H3,(H,16,18). The summed E-state index contributed by atoms with van der Waals surface area (Å²) < 4.78 is 4.72. The zero-order valence-electron chi connectivity index (χ0n) is 10.9. The molecule has 1 aliphatic heterocycles. The molecule has 0 radical (unpaired) electrons. The third-order valence-corrected chi connectivity index (χ3v) is 3.25. The molecule has 3 rings (SSSR count). The van der Waals surface area contributed by atoms with Gasteiger partial charge in [0, 0.05) is 24.7 Å². The average Bonchev–Trinajstić information content (AvgIpc) is 2.68. The normalized spacial score (nSPS) is 13.9. The van der Waals surface area contributed by atoms with Crippen LogP contribution in [0.1, 0.15) is 20.7 Å². The SMILES string of the molecule is COC(=O)c1ccc2ncc3c(c2c1)NCCNC3=O. The van der Waals surface area contributed by atoms with Crippen molar-refractivity contribution in [3.05, 3.63) is 35.5 Å². The second kappa shape index (κ2) is 4.80. The first-order valence-electron chi connectivity index (χ1n) is 6.24. The summed E-state index contributed by atoms with van der Waals surface area (Å²) in [6, 6.07) is 5.09. The summed E-state index contributed by atoms with van der Waals surface area (Å²) in [6.45, 7) is 1.17. The number of carbonyl (C=O) groups excluding carboxylic acids is 2. The molecule has 0 aliphatic carbocycles. The molecule has 6 nitrogen and oxygen atoms in total. The maximum Gasteiger partial charge on any atom is 0.337 e. The van der Waals surface area contributed by atoms with Crippen LogP contribution in [0.3, 0.4) is 0 Å². The molecule has 0 unspecified atom stereocenters. The molecule has 0 saturated heterocycles. The van der Waals surface area contributed by atoms with Gasteiger partial charge in [-0.2, -0.15) is 0 Å². The smallest absolute Gasteiger partial charge is 0.337 e. The van der Waals surface area contributed by atoms with Crippen LogP contribution in [-0.2, 0) is 4.74 Å². The number of nitrogens with zero attached hydrogens (tertiary/aromatic N) is 1. The molecule has 20 heavy (non-hydrogen) atoms. The van der Waals surface area contributed by atoms with Crippen molar-refractivity contribution in [3.63, 3.8) is 0 Å². The molecule has 2 heterocycles. The molecular formula is C14H13N3O3. The Kier molecular flexibility index (Phi) is 2.98. The topological polar surface area (TPSA) is 80.3 Å². The van der Waals surface area contributed by atoms with E-state index in [0.29, 0.717) is 29.9 Å². The molecule has 1 amide bonds. The summed E-state index contributed by atoms with van der Waals surface area (Å²) in [5.74, 6) is -0.578. The number of hydrogen-bond acceptors (Lipinski definition) is 5. The largest absolute Gasteiger partial charge is 0.465 e. The fourth-order valence-corrected chi connectivity index (χ4v) is 2.26. The van der Waals surface area contributed by atoms with E-state index in [0.717, 1.165) is 10.9 Å². The van der Waals surface area contributed by atoms with Gasteiger partial charge in [0.25, 0.3) is 5.91 Å². The Morgan fingerprint density at radius 3 is 2.90 bits per heavy atom. The van der Waals surface area contributed by atoms with Crippen LogP contribution in [0.15, 0.2) is 24.4 Å². The molecule has 102 valence electrons. The molecule has 0 atom stereocenters. The van der Waals surface area contributed by atoms with E-state index in [9.17, 15) is 9.59 Å². The third kappa shape index (κ3) is 1.95. The number of anilines is 1. The van der Waals surface area contributed by atoms with Crippen molar-refractivity contribution in [1.82, 2.24) is 10.3 Å². The zero-order valence-corrected chi connectivity index (χ0v) is 10.9. The molecule has 6 heteroatoms. The summed E-state index contributed by atoms with van der Waals surface area (Å²) in [5, 5.41) is 6.73. The van der Waals surface area contributed by atoms with Gasteiger partial charge in [-0.25, -0.2) is 4.79 Å². The van der Waals surface area contributed by atoms with Gasteiger partial charge in [-0.15, -0.1) is 0 Å². The summed E-state index contributed by atoms with van der Waals surface area (Å²) in [6.07, 6.45) is 1.54. The van der Waals surface area contributed by atoms with E-state index in [2.05, 4.69) is 15.6 Å². The number of fused-ring (bicyclic) bond motifs is 3. The van der Waals surface area contributed by atoms with E-state index in [-0.39, 0.29) is 5.91 Å². The van der Waals surface area contributed by atoms with Crippen molar-refractivity contribution in [2.75, 3.05) is 25.5 Å². The fraction of sp³-hybridized carbons (Fsp3) is 0.214. The van der Waals surface area contributed by atoms with Gasteiger partial charge in [0.1, 0.15) is 0 Å². The van der Waals surface area contributed by atoms with Crippen molar-refractivity contribution in [1.29, 1.82) is 0 Å². The van der Waals surface area contributed by atoms with Crippen LogP contribution in [0.2, 0.25) is 0 Å². The van der Waals surface area contributed by atoms with Crippen molar-refractivity contribution >= 4 is 28.5 Å². The highest BCUT2D eigenvalue weighted by atomic mass is 16.5. The number of rotatable bonds is 1. The first-order valence-corrected chi connectivity index (χ1v) is 6.24. The maximum absolute atomic E-state index is 11.9. The van der Waals surface area contributed by atoms with E-state index in [1.165, 1.54) is 7.11 Å². The lowest BCUT2D eigenvalue weighted by molar-refractivity contribution is 0.0601. The molecule has 0 saturated carbocycles. The zero-order chi connectivity index (χ0) is 14.1. The minimum absolute atomic E-state index is 0.164. The Morgan fingerprint density at radius 2 is 2.10 bits per heavy atom. The average molecular weight is 271 g/mol.